The van der Waals surface area contributed by atoms with Gasteiger partial charge in [0.15, 0.2) is 6.04 Å². The second-order valence-corrected chi connectivity index (χ2v) is 5.73. The van der Waals surface area contributed by atoms with Gasteiger partial charge < -0.3 is 15.2 Å². The summed E-state index contributed by atoms with van der Waals surface area (Å²) in [5.41, 5.74) is -0.180. The zero-order valence-electron chi connectivity index (χ0n) is 11.0. The summed E-state index contributed by atoms with van der Waals surface area (Å²) in [6.45, 7) is 8.05. The molecule has 0 aromatic rings. The average Bonchev–Trinajstić information content (AvgIpc) is 2.56. The van der Waals surface area contributed by atoms with Crippen LogP contribution in [0.2, 0.25) is 0 Å². The van der Waals surface area contributed by atoms with Gasteiger partial charge in [-0.3, -0.25) is 4.79 Å². The average molecular weight is 243 g/mol. The number of hydrogen-bond acceptors (Lipinski definition) is 3. The molecular formula is C12H21NO4. The molecule has 0 heterocycles. The molecule has 5 nitrogen and oxygen atoms in total. The van der Waals surface area contributed by atoms with Gasteiger partial charge in [-0.15, -0.1) is 0 Å². The molecule has 5 heteroatoms. The number of ether oxygens (including phenoxy) is 1. The van der Waals surface area contributed by atoms with Crippen LogP contribution in [0, 0.1) is 16.7 Å². The van der Waals surface area contributed by atoms with Crippen molar-refractivity contribution in [3.8, 4) is 0 Å². The molecule has 1 fully saturated rings. The van der Waals surface area contributed by atoms with Crippen LogP contribution in [0.1, 0.15) is 27.7 Å². The van der Waals surface area contributed by atoms with Gasteiger partial charge in [0.1, 0.15) is 0 Å². The molecule has 0 aromatic heterocycles. The summed E-state index contributed by atoms with van der Waals surface area (Å²) in [6, 6.07) is -0.973. The molecule has 0 spiro atoms. The van der Waals surface area contributed by atoms with Crippen molar-refractivity contribution in [2.75, 3.05) is 13.7 Å². The predicted molar refractivity (Wildman–Crippen MR) is 62.5 cm³/mol. The minimum absolute atomic E-state index is 0.0192. The van der Waals surface area contributed by atoms with Gasteiger partial charge in [0.25, 0.3) is 0 Å². The zero-order valence-corrected chi connectivity index (χ0v) is 11.0. The van der Waals surface area contributed by atoms with Gasteiger partial charge in [-0.05, 0) is 10.8 Å². The molecule has 98 valence electrons. The first-order valence-corrected chi connectivity index (χ1v) is 5.68. The Bertz CT molecular complexity index is 321. The summed E-state index contributed by atoms with van der Waals surface area (Å²) in [4.78, 5) is 22.9. The fourth-order valence-electron chi connectivity index (χ4n) is 2.45. The largest absolute Gasteiger partial charge is 0.480 e. The van der Waals surface area contributed by atoms with E-state index in [1.807, 2.05) is 27.7 Å². The number of carbonyl (C=O) groups is 2. The summed E-state index contributed by atoms with van der Waals surface area (Å²) in [5, 5.41) is 11.4. The Hall–Kier alpha value is -1.10. The highest BCUT2D eigenvalue weighted by Crippen LogP contribution is 2.68. The van der Waals surface area contributed by atoms with E-state index in [1.54, 1.807) is 0 Å². The zero-order chi connectivity index (χ0) is 13.4. The van der Waals surface area contributed by atoms with E-state index in [1.165, 1.54) is 7.11 Å². The van der Waals surface area contributed by atoms with Gasteiger partial charge in [-0.25, -0.2) is 4.79 Å². The first-order valence-electron chi connectivity index (χ1n) is 5.68. The van der Waals surface area contributed by atoms with Crippen molar-refractivity contribution in [3.63, 3.8) is 0 Å². The van der Waals surface area contributed by atoms with Gasteiger partial charge in [0.2, 0.25) is 5.91 Å². The molecule has 0 aromatic carbocycles. The molecule has 1 rings (SSSR count). The van der Waals surface area contributed by atoms with E-state index in [-0.39, 0.29) is 29.3 Å². The van der Waals surface area contributed by atoms with Crippen LogP contribution in [0.4, 0.5) is 0 Å². The molecule has 2 N–H and O–H groups in total. The normalized spacial score (nSPS) is 22.9. The van der Waals surface area contributed by atoms with Crippen LogP contribution in [0.5, 0.6) is 0 Å². The summed E-state index contributed by atoms with van der Waals surface area (Å²) in [6.07, 6.45) is 0. The van der Waals surface area contributed by atoms with Crippen molar-refractivity contribution in [1.82, 2.24) is 5.32 Å². The third kappa shape index (κ3) is 2.29. The minimum Gasteiger partial charge on any atom is -0.480 e. The second kappa shape index (κ2) is 4.29. The lowest BCUT2D eigenvalue weighted by molar-refractivity contribution is -0.143. The fourth-order valence-corrected chi connectivity index (χ4v) is 2.45. The maximum absolute atomic E-state index is 12.0. The number of aliphatic carboxylic acids is 1. The van der Waals surface area contributed by atoms with Gasteiger partial charge in [-0.2, -0.15) is 0 Å². The standard InChI is InChI=1S/C12H21NO4/c1-11(2)8(12(11,3)4)9(14)13-7(6-17-5)10(15)16/h7-8H,6H2,1-5H3,(H,13,14)(H,15,16). The fraction of sp³-hybridized carbons (Fsp3) is 0.833. The highest BCUT2D eigenvalue weighted by atomic mass is 16.5. The topological polar surface area (TPSA) is 75.6 Å². The smallest absolute Gasteiger partial charge is 0.328 e. The highest BCUT2D eigenvalue weighted by molar-refractivity contribution is 5.88. The van der Waals surface area contributed by atoms with E-state index in [0.29, 0.717) is 0 Å². The molecule has 1 aliphatic rings. The van der Waals surface area contributed by atoms with Crippen molar-refractivity contribution < 1.29 is 19.4 Å². The Labute approximate surface area is 102 Å². The summed E-state index contributed by atoms with van der Waals surface area (Å²) < 4.78 is 4.77. The number of carbonyl (C=O) groups excluding carboxylic acids is 1. The first-order chi connectivity index (χ1) is 7.66. The molecule has 0 aliphatic heterocycles. The highest BCUT2D eigenvalue weighted by Gasteiger charge is 2.68. The summed E-state index contributed by atoms with van der Waals surface area (Å²) >= 11 is 0. The second-order valence-electron chi connectivity index (χ2n) is 5.73. The number of carboxylic acids is 1. The van der Waals surface area contributed by atoms with Gasteiger partial charge in [0.05, 0.1) is 6.61 Å². The number of nitrogens with one attached hydrogen (secondary N) is 1. The van der Waals surface area contributed by atoms with Crippen LogP contribution in [-0.4, -0.2) is 36.7 Å². The Kier molecular flexibility index (Phi) is 3.52. The number of methoxy groups -OCH3 is 1. The number of hydrogen-bond donors (Lipinski definition) is 2. The number of amides is 1. The number of rotatable bonds is 5. The number of carboxylic acid groups (broad SMARTS) is 1. The summed E-state index contributed by atoms with van der Waals surface area (Å²) in [7, 11) is 1.41. The lowest BCUT2D eigenvalue weighted by Crippen LogP contribution is -2.45. The molecule has 17 heavy (non-hydrogen) atoms. The maximum atomic E-state index is 12.0. The van der Waals surface area contributed by atoms with E-state index >= 15 is 0 Å². The van der Waals surface area contributed by atoms with Gasteiger partial charge >= 0.3 is 5.97 Å². The van der Waals surface area contributed by atoms with Gasteiger partial charge in [-0.1, -0.05) is 27.7 Å². The monoisotopic (exact) mass is 243 g/mol. The van der Waals surface area contributed by atoms with Crippen molar-refractivity contribution in [2.24, 2.45) is 16.7 Å². The van der Waals surface area contributed by atoms with Crippen molar-refractivity contribution in [2.45, 2.75) is 33.7 Å². The van der Waals surface area contributed by atoms with Crippen LogP contribution < -0.4 is 5.32 Å². The third-order valence-corrected chi connectivity index (χ3v) is 4.23. The molecule has 0 bridgehead atoms. The molecule has 1 unspecified atom stereocenters. The maximum Gasteiger partial charge on any atom is 0.328 e. The minimum atomic E-state index is -1.07. The van der Waals surface area contributed by atoms with E-state index in [0.717, 1.165) is 0 Å². The van der Waals surface area contributed by atoms with Crippen molar-refractivity contribution >= 4 is 11.9 Å². The van der Waals surface area contributed by atoms with Crippen LogP contribution in [-0.2, 0) is 14.3 Å². The SMILES string of the molecule is COCC(NC(=O)C1C(C)(C)C1(C)C)C(=O)O. The molecular weight excluding hydrogens is 222 g/mol. The molecule has 1 atom stereocenters. The van der Waals surface area contributed by atoms with Crippen molar-refractivity contribution in [1.29, 1.82) is 0 Å². The molecule has 0 radical (unpaired) electrons. The Morgan fingerprint density at radius 2 is 1.76 bits per heavy atom. The summed E-state index contributed by atoms with van der Waals surface area (Å²) in [5.74, 6) is -1.42. The first kappa shape index (κ1) is 14.0. The lowest BCUT2D eigenvalue weighted by Gasteiger charge is -2.14. The predicted octanol–water partition coefficient (Wildman–Crippen LogP) is 0.884. The van der Waals surface area contributed by atoms with Crippen LogP contribution >= 0.6 is 0 Å². The molecule has 1 saturated carbocycles. The van der Waals surface area contributed by atoms with E-state index in [4.69, 9.17) is 9.84 Å². The van der Waals surface area contributed by atoms with Crippen LogP contribution in [0.15, 0.2) is 0 Å². The van der Waals surface area contributed by atoms with Gasteiger partial charge in [0, 0.05) is 13.0 Å². The van der Waals surface area contributed by atoms with Crippen LogP contribution in [0.3, 0.4) is 0 Å². The Morgan fingerprint density at radius 3 is 2.06 bits per heavy atom. The Balaban J connectivity index is 2.65. The molecule has 0 saturated heterocycles. The van der Waals surface area contributed by atoms with Crippen molar-refractivity contribution in [3.05, 3.63) is 0 Å². The van der Waals surface area contributed by atoms with Crippen LogP contribution in [0.25, 0.3) is 0 Å². The molecule has 1 aliphatic carbocycles. The van der Waals surface area contributed by atoms with E-state index < -0.39 is 12.0 Å². The lowest BCUT2D eigenvalue weighted by atomic mass is 10.0. The van der Waals surface area contributed by atoms with E-state index in [2.05, 4.69) is 5.32 Å². The Morgan fingerprint density at radius 1 is 1.29 bits per heavy atom. The molecule has 1 amide bonds. The van der Waals surface area contributed by atoms with E-state index in [9.17, 15) is 9.59 Å². The third-order valence-electron chi connectivity index (χ3n) is 4.23. The quantitative estimate of drug-likeness (QED) is 0.751.